The van der Waals surface area contributed by atoms with E-state index in [1.54, 1.807) is 26.2 Å². The van der Waals surface area contributed by atoms with Crippen molar-refractivity contribution < 1.29 is 17.9 Å². The number of sulfonamides is 1. The van der Waals surface area contributed by atoms with Gasteiger partial charge in [-0.2, -0.15) is 0 Å². The van der Waals surface area contributed by atoms with Crippen LogP contribution in [0.2, 0.25) is 0 Å². The molecule has 156 valence electrons. The molecule has 6 heteroatoms. The number of hydrogen-bond donors (Lipinski definition) is 1. The minimum absolute atomic E-state index is 0.0237. The molecule has 5 nitrogen and oxygen atoms in total. The number of carbonyl (C=O) groups excluding carboxylic acids is 1. The maximum absolute atomic E-state index is 11.8. The average Bonchev–Trinajstić information content (AvgIpc) is 2.73. The fourth-order valence-electron chi connectivity index (χ4n) is 3.54. The van der Waals surface area contributed by atoms with E-state index in [1.807, 2.05) is 54.6 Å². The molecular formula is C24H25NO4S. The first-order chi connectivity index (χ1) is 14.3. The highest BCUT2D eigenvalue weighted by atomic mass is 32.2. The number of nitrogens with two attached hydrogens (primary N) is 1. The van der Waals surface area contributed by atoms with Gasteiger partial charge in [-0.25, -0.2) is 13.6 Å². The summed E-state index contributed by atoms with van der Waals surface area (Å²) in [6, 6.07) is 22.2. The summed E-state index contributed by atoms with van der Waals surface area (Å²) in [5.74, 6) is 0.835. The van der Waals surface area contributed by atoms with Gasteiger partial charge in [0.2, 0.25) is 10.0 Å². The SMILES string of the molecule is COc1cccc(C(Cc2cccc(C(C)=O)c2)Cc2cccc(S(N)(=O)=O)c2)c1. The summed E-state index contributed by atoms with van der Waals surface area (Å²) in [6.45, 7) is 1.55. The molecule has 0 saturated carbocycles. The Balaban J connectivity index is 1.98. The van der Waals surface area contributed by atoms with Crippen LogP contribution in [0.5, 0.6) is 5.75 Å². The number of benzene rings is 3. The first-order valence-electron chi connectivity index (χ1n) is 9.62. The van der Waals surface area contributed by atoms with Crippen LogP contribution in [-0.4, -0.2) is 21.3 Å². The lowest BCUT2D eigenvalue weighted by atomic mass is 9.86. The van der Waals surface area contributed by atoms with Crippen LogP contribution in [0.1, 0.15) is 39.9 Å². The second-order valence-corrected chi connectivity index (χ2v) is 8.89. The maximum Gasteiger partial charge on any atom is 0.238 e. The lowest BCUT2D eigenvalue weighted by molar-refractivity contribution is 0.101. The monoisotopic (exact) mass is 423 g/mol. The van der Waals surface area contributed by atoms with Crippen LogP contribution < -0.4 is 9.88 Å². The molecule has 0 saturated heterocycles. The molecule has 0 amide bonds. The normalized spacial score (nSPS) is 12.4. The minimum Gasteiger partial charge on any atom is -0.497 e. The zero-order chi connectivity index (χ0) is 21.7. The highest BCUT2D eigenvalue weighted by Crippen LogP contribution is 2.29. The molecule has 3 rings (SSSR count). The molecule has 0 aromatic heterocycles. The van der Waals surface area contributed by atoms with Gasteiger partial charge in [0, 0.05) is 5.56 Å². The van der Waals surface area contributed by atoms with E-state index >= 15 is 0 Å². The molecule has 0 radical (unpaired) electrons. The van der Waals surface area contributed by atoms with Crippen LogP contribution >= 0.6 is 0 Å². The van der Waals surface area contributed by atoms with Gasteiger partial charge in [-0.1, -0.05) is 42.5 Å². The number of ether oxygens (including phenoxy) is 1. The van der Waals surface area contributed by atoms with E-state index in [4.69, 9.17) is 9.88 Å². The van der Waals surface area contributed by atoms with E-state index in [0.717, 1.165) is 22.4 Å². The summed E-state index contributed by atoms with van der Waals surface area (Å²) >= 11 is 0. The number of primary sulfonamides is 1. The van der Waals surface area contributed by atoms with Gasteiger partial charge in [0.25, 0.3) is 0 Å². The summed E-state index contributed by atoms with van der Waals surface area (Å²) < 4.78 is 28.9. The zero-order valence-corrected chi connectivity index (χ0v) is 17.9. The quantitative estimate of drug-likeness (QED) is 0.552. The molecule has 0 aliphatic heterocycles. The molecule has 0 bridgehead atoms. The topological polar surface area (TPSA) is 86.5 Å². The molecule has 3 aromatic rings. The largest absolute Gasteiger partial charge is 0.497 e. The van der Waals surface area contributed by atoms with E-state index < -0.39 is 10.0 Å². The zero-order valence-electron chi connectivity index (χ0n) is 17.0. The van der Waals surface area contributed by atoms with Crippen molar-refractivity contribution in [2.45, 2.75) is 30.6 Å². The standard InChI is InChI=1S/C24H25NO4S/c1-17(26)20-8-3-6-18(12-20)13-22(21-9-5-10-23(16-21)29-2)14-19-7-4-11-24(15-19)30(25,27)28/h3-12,15-16,22H,13-14H2,1-2H3,(H2,25,27,28). The Morgan fingerprint density at radius 3 is 2.20 bits per heavy atom. The van der Waals surface area contributed by atoms with Gasteiger partial charge in [-0.15, -0.1) is 0 Å². The van der Waals surface area contributed by atoms with Crippen LogP contribution in [-0.2, 0) is 22.9 Å². The molecule has 0 aliphatic rings. The van der Waals surface area contributed by atoms with Gasteiger partial charge in [0.15, 0.2) is 5.78 Å². The van der Waals surface area contributed by atoms with Crippen molar-refractivity contribution in [3.8, 4) is 5.75 Å². The molecule has 1 unspecified atom stereocenters. The first-order valence-corrected chi connectivity index (χ1v) is 11.2. The predicted octanol–water partition coefficient (Wildman–Crippen LogP) is 4.11. The Hall–Kier alpha value is -2.96. The van der Waals surface area contributed by atoms with Gasteiger partial charge in [0.1, 0.15) is 5.75 Å². The summed E-state index contributed by atoms with van der Waals surface area (Å²) in [4.78, 5) is 11.9. The summed E-state index contributed by atoms with van der Waals surface area (Å²) in [6.07, 6.45) is 1.30. The van der Waals surface area contributed by atoms with Crippen molar-refractivity contribution >= 4 is 15.8 Å². The second kappa shape index (κ2) is 9.24. The smallest absolute Gasteiger partial charge is 0.238 e. The molecule has 0 fully saturated rings. The van der Waals surface area contributed by atoms with Crippen LogP contribution in [0.15, 0.2) is 77.7 Å². The van der Waals surface area contributed by atoms with Crippen molar-refractivity contribution in [1.82, 2.24) is 0 Å². The number of carbonyl (C=O) groups is 1. The highest BCUT2D eigenvalue weighted by Gasteiger charge is 2.17. The van der Waals surface area contributed by atoms with Crippen LogP contribution in [0.3, 0.4) is 0 Å². The highest BCUT2D eigenvalue weighted by molar-refractivity contribution is 7.89. The third-order valence-corrected chi connectivity index (χ3v) is 6.00. The molecule has 1 atom stereocenters. The van der Waals surface area contributed by atoms with Gasteiger partial charge >= 0.3 is 0 Å². The lowest BCUT2D eigenvalue weighted by Crippen LogP contribution is -2.13. The summed E-state index contributed by atoms with van der Waals surface area (Å²) in [5, 5.41) is 5.30. The van der Waals surface area contributed by atoms with Gasteiger partial charge in [-0.05, 0) is 72.7 Å². The van der Waals surface area contributed by atoms with Crippen LogP contribution in [0.4, 0.5) is 0 Å². The minimum atomic E-state index is -3.77. The number of hydrogen-bond acceptors (Lipinski definition) is 4. The second-order valence-electron chi connectivity index (χ2n) is 7.33. The Kier molecular flexibility index (Phi) is 6.70. The predicted molar refractivity (Wildman–Crippen MR) is 117 cm³/mol. The average molecular weight is 424 g/mol. The van der Waals surface area contributed by atoms with Crippen molar-refractivity contribution in [2.75, 3.05) is 7.11 Å². The molecular weight excluding hydrogens is 398 g/mol. The third kappa shape index (κ3) is 5.55. The molecule has 2 N–H and O–H groups in total. The van der Waals surface area contributed by atoms with Crippen LogP contribution in [0, 0.1) is 0 Å². The lowest BCUT2D eigenvalue weighted by Gasteiger charge is -2.19. The Morgan fingerprint density at radius 1 is 0.933 bits per heavy atom. The first kappa shape index (κ1) is 21.7. The van der Waals surface area contributed by atoms with Gasteiger partial charge in [0.05, 0.1) is 12.0 Å². The van der Waals surface area contributed by atoms with E-state index in [9.17, 15) is 13.2 Å². The van der Waals surface area contributed by atoms with Gasteiger partial charge < -0.3 is 4.74 Å². The summed E-state index contributed by atoms with van der Waals surface area (Å²) in [5.41, 5.74) is 3.66. The fourth-order valence-corrected chi connectivity index (χ4v) is 4.12. The Bertz CT molecular complexity index is 1160. The molecule has 3 aromatic carbocycles. The number of Topliss-reactive ketones (excluding diaryl/α,β-unsaturated/α-hetero) is 1. The van der Waals surface area contributed by atoms with Crippen molar-refractivity contribution in [1.29, 1.82) is 0 Å². The van der Waals surface area contributed by atoms with E-state index in [-0.39, 0.29) is 16.6 Å². The van der Waals surface area contributed by atoms with E-state index in [1.165, 1.54) is 6.07 Å². The Morgan fingerprint density at radius 2 is 1.57 bits per heavy atom. The summed E-state index contributed by atoms with van der Waals surface area (Å²) in [7, 11) is -2.14. The molecule has 30 heavy (non-hydrogen) atoms. The Labute approximate surface area is 177 Å². The molecule has 0 spiro atoms. The number of methoxy groups -OCH3 is 1. The molecule has 0 heterocycles. The third-order valence-electron chi connectivity index (χ3n) is 5.09. The van der Waals surface area contributed by atoms with Crippen molar-refractivity contribution in [2.24, 2.45) is 5.14 Å². The molecule has 0 aliphatic carbocycles. The number of rotatable bonds is 8. The van der Waals surface area contributed by atoms with Gasteiger partial charge in [-0.3, -0.25) is 4.79 Å². The van der Waals surface area contributed by atoms with Crippen LogP contribution in [0.25, 0.3) is 0 Å². The van der Waals surface area contributed by atoms with Crippen molar-refractivity contribution in [3.63, 3.8) is 0 Å². The fraction of sp³-hybridized carbons (Fsp3) is 0.208. The van der Waals surface area contributed by atoms with E-state index in [0.29, 0.717) is 18.4 Å². The number of ketones is 1. The van der Waals surface area contributed by atoms with E-state index in [2.05, 4.69) is 0 Å². The van der Waals surface area contributed by atoms with Crippen molar-refractivity contribution in [3.05, 3.63) is 95.1 Å². The maximum atomic E-state index is 11.8.